The van der Waals surface area contributed by atoms with E-state index >= 15 is 0 Å². The highest BCUT2D eigenvalue weighted by atomic mass is 16.5. The fourth-order valence-corrected chi connectivity index (χ4v) is 4.48. The monoisotopic (exact) mass is 528 g/mol. The first-order chi connectivity index (χ1) is 19.8. The smallest absolute Gasteiger partial charge is 0.134 e. The molecule has 0 aliphatic carbocycles. The van der Waals surface area contributed by atoms with E-state index in [1.54, 1.807) is 0 Å². The van der Waals surface area contributed by atoms with Crippen molar-refractivity contribution in [3.63, 3.8) is 0 Å². The van der Waals surface area contributed by atoms with Crippen LogP contribution in [0, 0.1) is 0 Å². The van der Waals surface area contributed by atoms with Gasteiger partial charge in [-0.1, -0.05) is 107 Å². The number of hydrogen-bond donors (Lipinski definition) is 0. The molecule has 4 aromatic carbocycles. The Labute approximate surface area is 232 Å². The van der Waals surface area contributed by atoms with Crippen LogP contribution in [0.15, 0.2) is 121 Å². The zero-order chi connectivity index (χ0) is 27.0. The van der Waals surface area contributed by atoms with E-state index in [9.17, 15) is 0 Å². The van der Waals surface area contributed by atoms with Gasteiger partial charge >= 0.3 is 0 Å². The molecule has 0 radical (unpaired) electrons. The Balaban J connectivity index is 1.42. The third-order valence-electron chi connectivity index (χ3n) is 6.42. The second-order valence-corrected chi connectivity index (χ2v) is 9.26. The highest BCUT2D eigenvalue weighted by Crippen LogP contribution is 2.29. The number of hydrogen-bond acceptors (Lipinski definition) is 6. The van der Waals surface area contributed by atoms with Gasteiger partial charge in [0.25, 0.3) is 0 Å². The van der Waals surface area contributed by atoms with E-state index in [1.165, 1.54) is 0 Å². The Kier molecular flexibility index (Phi) is 7.57. The summed E-state index contributed by atoms with van der Waals surface area (Å²) >= 11 is 0. The average Bonchev–Trinajstić information content (AvgIpc) is 3.59. The van der Waals surface area contributed by atoms with Gasteiger partial charge in [-0.15, -0.1) is 10.2 Å². The summed E-state index contributed by atoms with van der Waals surface area (Å²) in [5.41, 5.74) is 5.19. The van der Waals surface area contributed by atoms with Crippen molar-refractivity contribution < 1.29 is 9.47 Å². The second kappa shape index (κ2) is 12.1. The topological polar surface area (TPSA) is 79.9 Å². The molecule has 0 bridgehead atoms. The van der Waals surface area contributed by atoms with E-state index in [-0.39, 0.29) is 13.2 Å². The first kappa shape index (κ1) is 25.1. The lowest BCUT2D eigenvalue weighted by Crippen LogP contribution is -2.12. The lowest BCUT2D eigenvalue weighted by atomic mass is 10.1. The highest BCUT2D eigenvalue weighted by molar-refractivity contribution is 5.61. The van der Waals surface area contributed by atoms with E-state index in [4.69, 9.17) is 9.47 Å². The third-order valence-corrected chi connectivity index (χ3v) is 6.42. The summed E-state index contributed by atoms with van der Waals surface area (Å²) in [7, 11) is 0. The molecule has 0 N–H and O–H groups in total. The quantitative estimate of drug-likeness (QED) is 0.212. The number of aromatic nitrogens is 6. The zero-order valence-corrected chi connectivity index (χ0v) is 21.9. The van der Waals surface area contributed by atoms with E-state index in [1.807, 2.05) is 106 Å². The molecule has 8 nitrogen and oxygen atoms in total. The van der Waals surface area contributed by atoms with Crippen LogP contribution in [0.1, 0.15) is 22.5 Å². The molecule has 198 valence electrons. The van der Waals surface area contributed by atoms with Crippen LogP contribution >= 0.6 is 0 Å². The van der Waals surface area contributed by atoms with Crippen LogP contribution < -0.4 is 9.47 Å². The average molecular weight is 529 g/mol. The van der Waals surface area contributed by atoms with Gasteiger partial charge in [0.15, 0.2) is 0 Å². The Morgan fingerprint density at radius 3 is 1.18 bits per heavy atom. The summed E-state index contributed by atoms with van der Waals surface area (Å²) in [5.74, 6) is 1.52. The maximum Gasteiger partial charge on any atom is 0.134 e. The number of benzene rings is 4. The molecular formula is C32H28N6O2. The maximum atomic E-state index is 6.12. The summed E-state index contributed by atoms with van der Waals surface area (Å²) in [4.78, 5) is 0. The Morgan fingerprint density at radius 1 is 0.450 bits per heavy atom. The fraction of sp³-hybridized carbons (Fsp3) is 0.125. The van der Waals surface area contributed by atoms with E-state index in [2.05, 4.69) is 44.9 Å². The third kappa shape index (κ3) is 5.91. The molecular weight excluding hydrogens is 500 g/mol. The van der Waals surface area contributed by atoms with Crippen LogP contribution in [0.2, 0.25) is 0 Å². The zero-order valence-electron chi connectivity index (χ0n) is 21.9. The Morgan fingerprint density at radius 2 is 0.800 bits per heavy atom. The molecule has 0 saturated carbocycles. The summed E-state index contributed by atoms with van der Waals surface area (Å²) in [6, 6.07) is 39.8. The SMILES string of the molecule is c1ccc(Cn2nnc(COc3ccccc3)c2-c2c(COc3ccccc3)nnn2Cc2ccccc2)cc1. The minimum absolute atomic E-state index is 0.240. The number of para-hydroxylation sites is 2. The van der Waals surface area contributed by atoms with Gasteiger partial charge < -0.3 is 9.47 Å². The lowest BCUT2D eigenvalue weighted by molar-refractivity contribution is 0.299. The summed E-state index contributed by atoms with van der Waals surface area (Å²) in [5, 5.41) is 18.3. The van der Waals surface area contributed by atoms with Gasteiger partial charge in [0.05, 0.1) is 13.1 Å². The van der Waals surface area contributed by atoms with Crippen molar-refractivity contribution in [2.75, 3.05) is 0 Å². The molecule has 0 atom stereocenters. The van der Waals surface area contributed by atoms with Crippen LogP contribution in [0.25, 0.3) is 11.4 Å². The van der Waals surface area contributed by atoms with Gasteiger partial charge in [-0.05, 0) is 35.4 Å². The molecule has 0 aliphatic rings. The van der Waals surface area contributed by atoms with Crippen molar-refractivity contribution in [2.45, 2.75) is 26.3 Å². The molecule has 6 rings (SSSR count). The first-order valence-corrected chi connectivity index (χ1v) is 13.1. The standard InChI is InChI=1S/C32H28N6O2/c1-5-13-25(14-6-1)21-37-31(29(33-35-37)23-39-27-17-9-3-10-18-27)32-30(24-40-28-19-11-4-12-20-28)34-36-38(32)22-26-15-7-2-8-16-26/h1-20H,21-24H2. The molecule has 0 amide bonds. The van der Waals surface area contributed by atoms with Gasteiger partial charge in [-0.2, -0.15) is 0 Å². The fourth-order valence-electron chi connectivity index (χ4n) is 4.48. The van der Waals surface area contributed by atoms with Gasteiger partial charge in [0.1, 0.15) is 47.5 Å². The first-order valence-electron chi connectivity index (χ1n) is 13.1. The van der Waals surface area contributed by atoms with Gasteiger partial charge in [-0.25, -0.2) is 9.36 Å². The minimum atomic E-state index is 0.240. The van der Waals surface area contributed by atoms with Crippen molar-refractivity contribution in [1.29, 1.82) is 0 Å². The highest BCUT2D eigenvalue weighted by Gasteiger charge is 2.25. The molecule has 2 heterocycles. The van der Waals surface area contributed by atoms with E-state index in [0.717, 1.165) is 34.0 Å². The molecule has 6 aromatic rings. The molecule has 0 unspecified atom stereocenters. The van der Waals surface area contributed by atoms with Crippen molar-refractivity contribution in [2.24, 2.45) is 0 Å². The van der Waals surface area contributed by atoms with Gasteiger partial charge in [0, 0.05) is 0 Å². The van der Waals surface area contributed by atoms with Crippen molar-refractivity contribution in [3.8, 4) is 22.9 Å². The Hall–Kier alpha value is -5.24. The largest absolute Gasteiger partial charge is 0.487 e. The molecule has 0 fully saturated rings. The van der Waals surface area contributed by atoms with Gasteiger partial charge in [0.2, 0.25) is 0 Å². The summed E-state index contributed by atoms with van der Waals surface area (Å²) in [6.07, 6.45) is 0. The van der Waals surface area contributed by atoms with Crippen molar-refractivity contribution in [1.82, 2.24) is 30.0 Å². The molecule has 40 heavy (non-hydrogen) atoms. The number of nitrogens with zero attached hydrogens (tertiary/aromatic N) is 6. The van der Waals surface area contributed by atoms with E-state index in [0.29, 0.717) is 24.5 Å². The predicted octanol–water partition coefficient (Wildman–Crippen LogP) is 5.79. The molecule has 0 aliphatic heterocycles. The molecule has 0 saturated heterocycles. The maximum absolute atomic E-state index is 6.12. The molecule has 8 heteroatoms. The van der Waals surface area contributed by atoms with Crippen molar-refractivity contribution >= 4 is 0 Å². The van der Waals surface area contributed by atoms with Crippen LogP contribution in [0.4, 0.5) is 0 Å². The lowest BCUT2D eigenvalue weighted by Gasteiger charge is -2.13. The van der Waals surface area contributed by atoms with Crippen LogP contribution in [0.3, 0.4) is 0 Å². The summed E-state index contributed by atoms with van der Waals surface area (Å²) < 4.78 is 16.0. The number of rotatable bonds is 11. The van der Waals surface area contributed by atoms with E-state index < -0.39 is 0 Å². The van der Waals surface area contributed by atoms with Crippen LogP contribution in [0.5, 0.6) is 11.5 Å². The minimum Gasteiger partial charge on any atom is -0.487 e. The van der Waals surface area contributed by atoms with Crippen LogP contribution in [-0.4, -0.2) is 30.0 Å². The van der Waals surface area contributed by atoms with Crippen molar-refractivity contribution in [3.05, 3.63) is 144 Å². The molecule has 2 aromatic heterocycles. The predicted molar refractivity (Wildman–Crippen MR) is 152 cm³/mol. The molecule has 0 spiro atoms. The second-order valence-electron chi connectivity index (χ2n) is 9.26. The Bertz CT molecular complexity index is 1510. The normalized spacial score (nSPS) is 10.9. The summed E-state index contributed by atoms with van der Waals surface area (Å²) in [6.45, 7) is 1.54. The van der Waals surface area contributed by atoms with Gasteiger partial charge in [-0.3, -0.25) is 0 Å². The number of ether oxygens (including phenoxy) is 2. The van der Waals surface area contributed by atoms with Crippen LogP contribution in [-0.2, 0) is 26.3 Å².